The van der Waals surface area contributed by atoms with Crippen LogP contribution < -0.4 is 10.1 Å². The monoisotopic (exact) mass is 285 g/mol. The van der Waals surface area contributed by atoms with Gasteiger partial charge in [0.25, 0.3) is 0 Å². The fourth-order valence-electron chi connectivity index (χ4n) is 1.59. The summed E-state index contributed by atoms with van der Waals surface area (Å²) in [5.41, 5.74) is 1.09. The van der Waals surface area contributed by atoms with Gasteiger partial charge in [0.15, 0.2) is 0 Å². The average Bonchev–Trinajstić information content (AvgIpc) is 2.35. The van der Waals surface area contributed by atoms with Crippen molar-refractivity contribution in [1.82, 2.24) is 5.32 Å². The third-order valence-corrected chi connectivity index (χ3v) is 2.53. The van der Waals surface area contributed by atoms with Crippen molar-refractivity contribution in [3.05, 3.63) is 42.5 Å². The van der Waals surface area contributed by atoms with Crippen LogP contribution in [0.3, 0.4) is 0 Å². The molecule has 0 amide bonds. The SMILES string of the molecule is C=CCc1ccccc1OCC(O)CNC(C)C.Cl. The largest absolute Gasteiger partial charge is 0.491 e. The molecule has 1 rings (SSSR count). The second kappa shape index (κ2) is 9.84. The molecule has 0 fully saturated rings. The highest BCUT2D eigenvalue weighted by Gasteiger charge is 2.07. The Kier molecular flexibility index (Phi) is 9.31. The third kappa shape index (κ3) is 7.21. The summed E-state index contributed by atoms with van der Waals surface area (Å²) in [4.78, 5) is 0. The first-order chi connectivity index (χ1) is 8.63. The predicted molar refractivity (Wildman–Crippen MR) is 82.2 cm³/mol. The summed E-state index contributed by atoms with van der Waals surface area (Å²) < 4.78 is 5.65. The van der Waals surface area contributed by atoms with Crippen molar-refractivity contribution < 1.29 is 9.84 Å². The lowest BCUT2D eigenvalue weighted by atomic mass is 10.1. The Morgan fingerprint density at radius 2 is 2.05 bits per heavy atom. The number of para-hydroxylation sites is 1. The van der Waals surface area contributed by atoms with Crippen LogP contribution in [-0.2, 0) is 6.42 Å². The predicted octanol–water partition coefficient (Wildman–Crippen LogP) is 2.57. The van der Waals surface area contributed by atoms with Crippen molar-refractivity contribution in [2.45, 2.75) is 32.4 Å². The maximum atomic E-state index is 9.77. The third-order valence-electron chi connectivity index (χ3n) is 2.53. The highest BCUT2D eigenvalue weighted by Crippen LogP contribution is 2.18. The highest BCUT2D eigenvalue weighted by atomic mass is 35.5. The molecule has 0 aliphatic carbocycles. The zero-order valence-corrected chi connectivity index (χ0v) is 12.5. The van der Waals surface area contributed by atoms with Crippen molar-refractivity contribution in [2.75, 3.05) is 13.2 Å². The van der Waals surface area contributed by atoms with Gasteiger partial charge in [-0.3, -0.25) is 0 Å². The lowest BCUT2D eigenvalue weighted by Gasteiger charge is -2.16. The number of benzene rings is 1. The number of aliphatic hydroxyl groups is 1. The maximum absolute atomic E-state index is 9.77. The maximum Gasteiger partial charge on any atom is 0.122 e. The van der Waals surface area contributed by atoms with Crippen LogP contribution in [0.4, 0.5) is 0 Å². The number of allylic oxidation sites excluding steroid dienone is 1. The molecule has 1 aromatic carbocycles. The minimum atomic E-state index is -0.496. The summed E-state index contributed by atoms with van der Waals surface area (Å²) in [5.74, 6) is 0.820. The van der Waals surface area contributed by atoms with Gasteiger partial charge in [-0.2, -0.15) is 0 Å². The fraction of sp³-hybridized carbons (Fsp3) is 0.467. The van der Waals surface area contributed by atoms with Crippen molar-refractivity contribution >= 4 is 12.4 Å². The minimum absolute atomic E-state index is 0. The van der Waals surface area contributed by atoms with Crippen molar-refractivity contribution in [2.24, 2.45) is 0 Å². The Hall–Kier alpha value is -1.03. The zero-order valence-electron chi connectivity index (χ0n) is 11.6. The van der Waals surface area contributed by atoms with Gasteiger partial charge in [-0.1, -0.05) is 38.1 Å². The van der Waals surface area contributed by atoms with Gasteiger partial charge in [-0.05, 0) is 18.1 Å². The molecule has 1 aromatic rings. The molecule has 0 saturated heterocycles. The molecule has 1 unspecified atom stereocenters. The number of aliphatic hydroxyl groups excluding tert-OH is 1. The van der Waals surface area contributed by atoms with E-state index < -0.39 is 6.10 Å². The molecule has 0 aliphatic rings. The summed E-state index contributed by atoms with van der Waals surface area (Å²) >= 11 is 0. The van der Waals surface area contributed by atoms with Crippen LogP contribution in [0.2, 0.25) is 0 Å². The quantitative estimate of drug-likeness (QED) is 0.722. The molecule has 0 aromatic heterocycles. The number of hydrogen-bond donors (Lipinski definition) is 2. The zero-order chi connectivity index (χ0) is 13.4. The molecule has 0 saturated carbocycles. The minimum Gasteiger partial charge on any atom is -0.491 e. The highest BCUT2D eigenvalue weighted by molar-refractivity contribution is 5.85. The number of ether oxygens (including phenoxy) is 1. The molecule has 19 heavy (non-hydrogen) atoms. The van der Waals surface area contributed by atoms with Gasteiger partial charge in [0.2, 0.25) is 0 Å². The van der Waals surface area contributed by atoms with Crippen molar-refractivity contribution in [3.8, 4) is 5.75 Å². The van der Waals surface area contributed by atoms with Crippen molar-refractivity contribution in [3.63, 3.8) is 0 Å². The van der Waals surface area contributed by atoms with Crippen LogP contribution in [0, 0.1) is 0 Å². The molecule has 0 spiro atoms. The molecule has 0 aliphatic heterocycles. The smallest absolute Gasteiger partial charge is 0.122 e. The van der Waals surface area contributed by atoms with Crippen LogP contribution in [0.25, 0.3) is 0 Å². The molecular formula is C15H24ClNO2. The standard InChI is InChI=1S/C15H23NO2.ClH/c1-4-7-13-8-5-6-9-15(13)18-11-14(17)10-16-12(2)3;/h4-6,8-9,12,14,16-17H,1,7,10-11H2,2-3H3;1H. The summed E-state index contributed by atoms with van der Waals surface area (Å²) in [7, 11) is 0. The Bertz CT molecular complexity index is 369. The molecule has 3 nitrogen and oxygen atoms in total. The normalized spacial score (nSPS) is 11.8. The van der Waals surface area contributed by atoms with Crippen LogP contribution in [0.15, 0.2) is 36.9 Å². The van der Waals surface area contributed by atoms with E-state index in [2.05, 4.69) is 11.9 Å². The van der Waals surface area contributed by atoms with Crippen molar-refractivity contribution in [1.29, 1.82) is 0 Å². The molecule has 1 atom stereocenters. The number of hydrogen-bond acceptors (Lipinski definition) is 3. The lowest BCUT2D eigenvalue weighted by Crippen LogP contribution is -2.35. The van der Waals surface area contributed by atoms with E-state index in [1.54, 1.807) is 0 Å². The van der Waals surface area contributed by atoms with Gasteiger partial charge in [-0.25, -0.2) is 0 Å². The van der Waals surface area contributed by atoms with Gasteiger partial charge in [0, 0.05) is 12.6 Å². The number of rotatable bonds is 8. The van der Waals surface area contributed by atoms with E-state index in [4.69, 9.17) is 4.74 Å². The Morgan fingerprint density at radius 1 is 1.37 bits per heavy atom. The molecule has 108 valence electrons. The van der Waals surface area contributed by atoms with E-state index in [0.29, 0.717) is 19.2 Å². The molecule has 4 heteroatoms. The van der Waals surface area contributed by atoms with E-state index in [1.165, 1.54) is 0 Å². The van der Waals surface area contributed by atoms with Crippen LogP contribution in [-0.4, -0.2) is 30.4 Å². The van der Waals surface area contributed by atoms with Gasteiger partial charge < -0.3 is 15.2 Å². The first kappa shape index (κ1) is 18.0. The summed E-state index contributed by atoms with van der Waals surface area (Å²) in [6, 6.07) is 8.20. The number of nitrogens with one attached hydrogen (secondary N) is 1. The molecule has 2 N–H and O–H groups in total. The van der Waals surface area contributed by atoms with Gasteiger partial charge in [0.1, 0.15) is 18.5 Å². The average molecular weight is 286 g/mol. The molecule has 0 radical (unpaired) electrons. The van der Waals surface area contributed by atoms with Crippen LogP contribution >= 0.6 is 12.4 Å². The Labute approximate surface area is 122 Å². The molecule has 0 bridgehead atoms. The van der Waals surface area contributed by atoms with E-state index in [0.717, 1.165) is 17.7 Å². The van der Waals surface area contributed by atoms with E-state index in [1.807, 2.05) is 44.2 Å². The summed E-state index contributed by atoms with van der Waals surface area (Å²) in [5, 5.41) is 12.9. The Morgan fingerprint density at radius 3 is 2.68 bits per heavy atom. The summed E-state index contributed by atoms with van der Waals surface area (Å²) in [6.45, 7) is 8.67. The second-order valence-electron chi connectivity index (χ2n) is 4.63. The first-order valence-corrected chi connectivity index (χ1v) is 6.36. The van der Waals surface area contributed by atoms with Gasteiger partial charge in [0.05, 0.1) is 0 Å². The van der Waals surface area contributed by atoms with E-state index >= 15 is 0 Å². The topological polar surface area (TPSA) is 41.5 Å². The van der Waals surface area contributed by atoms with E-state index in [9.17, 15) is 5.11 Å². The van der Waals surface area contributed by atoms with Crippen LogP contribution in [0.5, 0.6) is 5.75 Å². The second-order valence-corrected chi connectivity index (χ2v) is 4.63. The molecule has 0 heterocycles. The van der Waals surface area contributed by atoms with Gasteiger partial charge >= 0.3 is 0 Å². The van der Waals surface area contributed by atoms with E-state index in [-0.39, 0.29) is 12.4 Å². The number of halogens is 1. The summed E-state index contributed by atoms with van der Waals surface area (Å²) in [6.07, 6.45) is 2.12. The van der Waals surface area contributed by atoms with Crippen LogP contribution in [0.1, 0.15) is 19.4 Å². The molecular weight excluding hydrogens is 262 g/mol. The van der Waals surface area contributed by atoms with Gasteiger partial charge in [-0.15, -0.1) is 19.0 Å². The fourth-order valence-corrected chi connectivity index (χ4v) is 1.59. The first-order valence-electron chi connectivity index (χ1n) is 6.36. The lowest BCUT2D eigenvalue weighted by molar-refractivity contribution is 0.104. The Balaban J connectivity index is 0.00000324.